The van der Waals surface area contributed by atoms with Crippen molar-refractivity contribution in [2.45, 2.75) is 33.6 Å². The second-order valence-corrected chi connectivity index (χ2v) is 7.13. The summed E-state index contributed by atoms with van der Waals surface area (Å²) in [7, 11) is 0. The second-order valence-electron chi connectivity index (χ2n) is 6.13. The smallest absolute Gasteiger partial charge is 0.253 e. The number of thiophene rings is 1. The second kappa shape index (κ2) is 5.09. The zero-order chi connectivity index (χ0) is 15.1. The lowest BCUT2D eigenvalue weighted by Crippen LogP contribution is -2.40. The van der Waals surface area contributed by atoms with Crippen molar-refractivity contribution in [2.75, 3.05) is 23.7 Å². The minimum Gasteiger partial charge on any atom is -0.397 e. The number of anilines is 2. The van der Waals surface area contributed by atoms with E-state index in [9.17, 15) is 9.59 Å². The van der Waals surface area contributed by atoms with E-state index < -0.39 is 5.91 Å². The Kier molecular flexibility index (Phi) is 3.77. The van der Waals surface area contributed by atoms with Crippen LogP contribution in [0.3, 0.4) is 0 Å². The number of nitrogens with zero attached hydrogens (tertiary/aromatic N) is 1. The van der Waals surface area contributed by atoms with Crippen LogP contribution in [0.25, 0.3) is 0 Å². The molecule has 1 aromatic heterocycles. The molecule has 1 fully saturated rings. The first kappa shape index (κ1) is 14.8. The van der Waals surface area contributed by atoms with Gasteiger partial charge in [0.2, 0.25) is 0 Å². The number of carbonyl (C=O) groups is 2. The summed E-state index contributed by atoms with van der Waals surface area (Å²) in [5.74, 6) is -0.692. The SMILES string of the molecule is CC(=O)c1sc(N2CCCC(C)(C)C2)c(C(N)=O)c1N. The summed E-state index contributed by atoms with van der Waals surface area (Å²) in [5, 5.41) is 0.743. The molecule has 0 spiro atoms. The molecule has 0 saturated carbocycles. The van der Waals surface area contributed by atoms with Gasteiger partial charge in [0.1, 0.15) is 5.00 Å². The van der Waals surface area contributed by atoms with E-state index in [1.54, 1.807) is 0 Å². The maximum absolute atomic E-state index is 11.7. The van der Waals surface area contributed by atoms with Gasteiger partial charge in [0.15, 0.2) is 5.78 Å². The predicted molar refractivity (Wildman–Crippen MR) is 82.5 cm³/mol. The quantitative estimate of drug-likeness (QED) is 0.837. The number of carbonyl (C=O) groups excluding carboxylic acids is 2. The Balaban J connectivity index is 2.48. The Morgan fingerprint density at radius 2 is 2.00 bits per heavy atom. The van der Waals surface area contributed by atoms with Crippen molar-refractivity contribution >= 4 is 33.7 Å². The summed E-state index contributed by atoms with van der Waals surface area (Å²) < 4.78 is 0. The molecule has 1 saturated heterocycles. The van der Waals surface area contributed by atoms with Crippen molar-refractivity contribution < 1.29 is 9.59 Å². The van der Waals surface area contributed by atoms with Gasteiger partial charge in [-0.1, -0.05) is 13.8 Å². The predicted octanol–water partition coefficient (Wildman–Crippen LogP) is 2.26. The minimum absolute atomic E-state index is 0.127. The van der Waals surface area contributed by atoms with Gasteiger partial charge in [-0.3, -0.25) is 9.59 Å². The van der Waals surface area contributed by atoms with E-state index in [1.165, 1.54) is 18.3 Å². The minimum atomic E-state index is -0.565. The maximum atomic E-state index is 11.7. The van der Waals surface area contributed by atoms with Gasteiger partial charge in [-0.15, -0.1) is 11.3 Å². The molecule has 110 valence electrons. The van der Waals surface area contributed by atoms with E-state index in [0.29, 0.717) is 10.4 Å². The van der Waals surface area contributed by atoms with Gasteiger partial charge in [-0.2, -0.15) is 0 Å². The van der Waals surface area contributed by atoms with Crippen LogP contribution in [0.2, 0.25) is 0 Å². The number of primary amides is 1. The van der Waals surface area contributed by atoms with Crippen molar-refractivity contribution in [1.29, 1.82) is 0 Å². The third kappa shape index (κ3) is 2.65. The Morgan fingerprint density at radius 1 is 1.35 bits per heavy atom. The maximum Gasteiger partial charge on any atom is 0.253 e. The number of hydrogen-bond acceptors (Lipinski definition) is 5. The lowest BCUT2D eigenvalue weighted by Gasteiger charge is -2.39. The molecule has 0 bridgehead atoms. The lowest BCUT2D eigenvalue weighted by molar-refractivity contribution is 0.100. The fourth-order valence-corrected chi connectivity index (χ4v) is 3.90. The van der Waals surface area contributed by atoms with E-state index in [4.69, 9.17) is 11.5 Å². The van der Waals surface area contributed by atoms with Crippen LogP contribution in [-0.4, -0.2) is 24.8 Å². The van der Waals surface area contributed by atoms with Crippen LogP contribution in [0.1, 0.15) is 53.6 Å². The Hall–Kier alpha value is -1.56. The van der Waals surface area contributed by atoms with Crippen molar-refractivity contribution in [3.8, 4) is 0 Å². The molecule has 0 aromatic carbocycles. The number of amides is 1. The van der Waals surface area contributed by atoms with E-state index in [-0.39, 0.29) is 16.9 Å². The van der Waals surface area contributed by atoms with E-state index in [1.807, 2.05) is 0 Å². The normalized spacial score (nSPS) is 18.1. The van der Waals surface area contributed by atoms with Gasteiger partial charge in [0.25, 0.3) is 5.91 Å². The number of nitrogens with two attached hydrogens (primary N) is 2. The van der Waals surface area contributed by atoms with Crippen molar-refractivity contribution in [3.05, 3.63) is 10.4 Å². The Morgan fingerprint density at radius 3 is 2.50 bits per heavy atom. The van der Waals surface area contributed by atoms with Crippen molar-refractivity contribution in [2.24, 2.45) is 11.1 Å². The zero-order valence-corrected chi connectivity index (χ0v) is 13.0. The van der Waals surface area contributed by atoms with Gasteiger partial charge in [-0.25, -0.2) is 0 Å². The molecule has 4 N–H and O–H groups in total. The van der Waals surface area contributed by atoms with Crippen LogP contribution < -0.4 is 16.4 Å². The van der Waals surface area contributed by atoms with E-state index >= 15 is 0 Å². The Labute approximate surface area is 122 Å². The number of hydrogen-bond donors (Lipinski definition) is 2. The van der Waals surface area contributed by atoms with E-state index in [0.717, 1.165) is 30.9 Å². The average molecular weight is 295 g/mol. The summed E-state index contributed by atoms with van der Waals surface area (Å²) in [6.45, 7) is 7.56. The van der Waals surface area contributed by atoms with Gasteiger partial charge in [0, 0.05) is 20.0 Å². The molecule has 0 aliphatic carbocycles. The Bertz CT molecular complexity index is 563. The fraction of sp³-hybridized carbons (Fsp3) is 0.571. The fourth-order valence-electron chi connectivity index (χ4n) is 2.75. The molecule has 1 aromatic rings. The molecule has 1 aliphatic heterocycles. The van der Waals surface area contributed by atoms with Gasteiger partial charge in [-0.05, 0) is 18.3 Å². The third-order valence-electron chi connectivity index (χ3n) is 3.68. The summed E-state index contributed by atoms with van der Waals surface area (Å²) in [4.78, 5) is 25.9. The molecule has 0 unspecified atom stereocenters. The number of piperidine rings is 1. The van der Waals surface area contributed by atoms with Crippen molar-refractivity contribution in [1.82, 2.24) is 0 Å². The van der Waals surface area contributed by atoms with Gasteiger partial charge < -0.3 is 16.4 Å². The van der Waals surface area contributed by atoms with Crippen LogP contribution in [0.5, 0.6) is 0 Å². The monoisotopic (exact) mass is 295 g/mol. The molecule has 0 radical (unpaired) electrons. The highest BCUT2D eigenvalue weighted by Gasteiger charge is 2.31. The van der Waals surface area contributed by atoms with Crippen LogP contribution in [0.15, 0.2) is 0 Å². The van der Waals surface area contributed by atoms with Crippen LogP contribution in [0, 0.1) is 5.41 Å². The summed E-state index contributed by atoms with van der Waals surface area (Å²) in [6, 6.07) is 0. The standard InChI is InChI=1S/C14H21N3O2S/c1-8(18)11-10(15)9(12(16)19)13(20-11)17-6-4-5-14(2,3)7-17/h4-7,15H2,1-3H3,(H2,16,19). The number of Topliss-reactive ketones (excluding diaryl/α,β-unsaturated/α-hetero) is 1. The molecule has 0 atom stereocenters. The van der Waals surface area contributed by atoms with Crippen LogP contribution >= 0.6 is 11.3 Å². The highest BCUT2D eigenvalue weighted by Crippen LogP contribution is 2.41. The summed E-state index contributed by atoms with van der Waals surface area (Å²) >= 11 is 1.28. The molecule has 6 heteroatoms. The molecule has 1 amide bonds. The first-order chi connectivity index (χ1) is 9.23. The van der Waals surface area contributed by atoms with E-state index in [2.05, 4.69) is 18.7 Å². The topological polar surface area (TPSA) is 89.4 Å². The third-order valence-corrected chi connectivity index (χ3v) is 5.05. The van der Waals surface area contributed by atoms with Gasteiger partial charge in [0.05, 0.1) is 16.1 Å². The van der Waals surface area contributed by atoms with Crippen LogP contribution in [-0.2, 0) is 0 Å². The van der Waals surface area contributed by atoms with Crippen LogP contribution in [0.4, 0.5) is 10.7 Å². The lowest BCUT2D eigenvalue weighted by atomic mass is 9.84. The largest absolute Gasteiger partial charge is 0.397 e. The number of nitrogen functional groups attached to an aromatic ring is 1. The summed E-state index contributed by atoms with van der Waals surface area (Å²) in [6.07, 6.45) is 2.20. The molecule has 2 heterocycles. The zero-order valence-electron chi connectivity index (χ0n) is 12.2. The molecular weight excluding hydrogens is 274 g/mol. The number of ketones is 1. The molecule has 1 aliphatic rings. The number of rotatable bonds is 3. The van der Waals surface area contributed by atoms with Crippen molar-refractivity contribution in [3.63, 3.8) is 0 Å². The molecule has 20 heavy (non-hydrogen) atoms. The van der Waals surface area contributed by atoms with Gasteiger partial charge >= 0.3 is 0 Å². The summed E-state index contributed by atoms with van der Waals surface area (Å²) in [5.41, 5.74) is 12.1. The highest BCUT2D eigenvalue weighted by atomic mass is 32.1. The first-order valence-corrected chi connectivity index (χ1v) is 7.52. The first-order valence-electron chi connectivity index (χ1n) is 6.71. The average Bonchev–Trinajstić information content (AvgIpc) is 2.65. The highest BCUT2D eigenvalue weighted by molar-refractivity contribution is 7.19. The molecular formula is C14H21N3O2S. The molecule has 5 nitrogen and oxygen atoms in total. The molecule has 2 rings (SSSR count).